The van der Waals surface area contributed by atoms with Gasteiger partial charge in [-0.25, -0.2) is 13.6 Å². The van der Waals surface area contributed by atoms with Crippen molar-refractivity contribution in [2.75, 3.05) is 48.5 Å². The largest absolute Gasteiger partial charge is 0.443 e. The van der Waals surface area contributed by atoms with Crippen LogP contribution in [0.2, 0.25) is 0 Å². The lowest BCUT2D eigenvalue weighted by Crippen LogP contribution is -2.52. The van der Waals surface area contributed by atoms with Crippen molar-refractivity contribution in [1.29, 1.82) is 0 Å². The molecule has 2 aliphatic rings. The molecule has 0 aromatic heterocycles. The summed E-state index contributed by atoms with van der Waals surface area (Å²) in [6.45, 7) is 5.30. The minimum Gasteiger partial charge on any atom is -0.443 e. The van der Waals surface area contributed by atoms with Crippen molar-refractivity contribution in [2.45, 2.75) is 83.5 Å². The molecular formula is C23H46F2N4O5S. The SMILES string of the molecule is CC(C)C1CCC(OC[C@H]2[C@@H](NS(=O)(=O)N(C)C)C[C@@H](C)N2C(=O)OCC(F)F)CC1.CN(C)C. The number of carbonyl (C=O) groups is 1. The molecule has 3 atom stereocenters. The summed E-state index contributed by atoms with van der Waals surface area (Å²) in [5, 5.41) is 0. The van der Waals surface area contributed by atoms with Crippen LogP contribution in [0.25, 0.3) is 0 Å². The molecule has 0 aromatic carbocycles. The molecule has 9 nitrogen and oxygen atoms in total. The van der Waals surface area contributed by atoms with Crippen LogP contribution in [-0.2, 0) is 19.7 Å². The number of hydrogen-bond donors (Lipinski definition) is 1. The number of amides is 1. The Morgan fingerprint density at radius 2 is 1.63 bits per heavy atom. The maximum Gasteiger partial charge on any atom is 0.410 e. The summed E-state index contributed by atoms with van der Waals surface area (Å²) < 4.78 is 64.3. The Hall–Kier alpha value is -1.08. The Balaban J connectivity index is 0.00000142. The van der Waals surface area contributed by atoms with Crippen LogP contribution in [0.4, 0.5) is 13.6 Å². The topological polar surface area (TPSA) is 91.4 Å². The van der Waals surface area contributed by atoms with Crippen LogP contribution < -0.4 is 4.72 Å². The predicted octanol–water partition coefficient (Wildman–Crippen LogP) is 3.02. The number of nitrogens with one attached hydrogen (secondary N) is 1. The zero-order chi connectivity index (χ0) is 26.9. The Bertz CT molecular complexity index is 729. The van der Waals surface area contributed by atoms with Crippen LogP contribution in [0.5, 0.6) is 0 Å². The summed E-state index contributed by atoms with van der Waals surface area (Å²) in [5.41, 5.74) is 0. The van der Waals surface area contributed by atoms with Crippen LogP contribution in [0.1, 0.15) is 52.9 Å². The molecule has 35 heavy (non-hydrogen) atoms. The Kier molecular flexibility index (Phi) is 13.3. The van der Waals surface area contributed by atoms with Crippen molar-refractivity contribution in [2.24, 2.45) is 11.8 Å². The zero-order valence-electron chi connectivity index (χ0n) is 22.5. The molecule has 0 bridgehead atoms. The van der Waals surface area contributed by atoms with E-state index in [4.69, 9.17) is 9.47 Å². The van der Waals surface area contributed by atoms with Crippen molar-refractivity contribution in [3.05, 3.63) is 0 Å². The Morgan fingerprint density at radius 1 is 1.09 bits per heavy atom. The first-order valence-electron chi connectivity index (χ1n) is 12.3. The molecule has 0 radical (unpaired) electrons. The molecule has 12 heteroatoms. The number of halogens is 2. The summed E-state index contributed by atoms with van der Waals surface area (Å²) in [4.78, 5) is 15.9. The molecule has 1 amide bonds. The van der Waals surface area contributed by atoms with E-state index < -0.39 is 41.4 Å². The third-order valence-electron chi connectivity index (χ3n) is 6.38. The average Bonchev–Trinajstić information content (AvgIpc) is 3.04. The van der Waals surface area contributed by atoms with Crippen molar-refractivity contribution < 1.29 is 31.5 Å². The van der Waals surface area contributed by atoms with E-state index in [1.807, 2.05) is 26.0 Å². The van der Waals surface area contributed by atoms with Crippen LogP contribution in [0.15, 0.2) is 0 Å². The van der Waals surface area contributed by atoms with E-state index in [0.717, 1.165) is 30.0 Å². The summed E-state index contributed by atoms with van der Waals surface area (Å²) >= 11 is 0. The second-order valence-corrected chi connectivity index (χ2v) is 12.4. The second kappa shape index (κ2) is 14.6. The van der Waals surface area contributed by atoms with Gasteiger partial charge in [0.15, 0.2) is 6.61 Å². The van der Waals surface area contributed by atoms with E-state index >= 15 is 0 Å². The van der Waals surface area contributed by atoms with Gasteiger partial charge in [-0.05, 0) is 72.0 Å². The van der Waals surface area contributed by atoms with Gasteiger partial charge in [0.2, 0.25) is 0 Å². The fraction of sp³-hybridized carbons (Fsp3) is 0.957. The van der Waals surface area contributed by atoms with Gasteiger partial charge < -0.3 is 14.4 Å². The number of alkyl halides is 2. The third-order valence-corrected chi connectivity index (χ3v) is 7.94. The van der Waals surface area contributed by atoms with Crippen molar-refractivity contribution in [3.8, 4) is 0 Å². The van der Waals surface area contributed by atoms with Gasteiger partial charge in [-0.15, -0.1) is 0 Å². The van der Waals surface area contributed by atoms with Crippen LogP contribution in [0, 0.1) is 11.8 Å². The highest BCUT2D eigenvalue weighted by Crippen LogP contribution is 2.33. The number of ether oxygens (including phenoxy) is 2. The van der Waals surface area contributed by atoms with Gasteiger partial charge >= 0.3 is 6.09 Å². The van der Waals surface area contributed by atoms with Crippen molar-refractivity contribution in [3.63, 3.8) is 0 Å². The van der Waals surface area contributed by atoms with Gasteiger partial charge in [-0.3, -0.25) is 4.90 Å². The van der Waals surface area contributed by atoms with Gasteiger partial charge in [-0.1, -0.05) is 13.8 Å². The monoisotopic (exact) mass is 528 g/mol. The second-order valence-electron chi connectivity index (χ2n) is 10.5. The van der Waals surface area contributed by atoms with Gasteiger partial charge in [0, 0.05) is 26.2 Å². The lowest BCUT2D eigenvalue weighted by atomic mass is 9.80. The van der Waals surface area contributed by atoms with Gasteiger partial charge in [0.1, 0.15) is 0 Å². The maximum atomic E-state index is 12.5. The van der Waals surface area contributed by atoms with Gasteiger partial charge in [0.05, 0.1) is 18.8 Å². The summed E-state index contributed by atoms with van der Waals surface area (Å²) in [5.74, 6) is 1.30. The Morgan fingerprint density at radius 3 is 2.09 bits per heavy atom. The standard InChI is InChI=1S/C20H37F2N3O5S.C3H9N/c1-13(2)15-6-8-16(9-7-15)29-11-18-17(23-31(27,28)24(4)5)10-14(3)25(18)20(26)30-12-19(21)22;1-4(2)3/h13-19,23H,6-12H2,1-5H3;1-3H3/t14-,15?,16?,17+,18+;/m1./s1. The Labute approximate surface area is 210 Å². The molecule has 1 heterocycles. The first-order chi connectivity index (χ1) is 16.2. The fourth-order valence-corrected chi connectivity index (χ4v) is 5.31. The highest BCUT2D eigenvalue weighted by Gasteiger charge is 2.45. The molecule has 0 aromatic rings. The van der Waals surface area contributed by atoms with E-state index in [1.165, 1.54) is 19.0 Å². The van der Waals surface area contributed by atoms with Crippen molar-refractivity contribution >= 4 is 16.3 Å². The van der Waals surface area contributed by atoms with E-state index in [2.05, 4.69) is 18.6 Å². The molecule has 1 N–H and O–H groups in total. The molecule has 208 valence electrons. The molecular weight excluding hydrogens is 482 g/mol. The maximum absolute atomic E-state index is 12.5. The lowest BCUT2D eigenvalue weighted by Gasteiger charge is -2.34. The number of rotatable bonds is 9. The normalized spacial score (nSPS) is 27.5. The number of nitrogens with zero attached hydrogens (tertiary/aromatic N) is 3. The van der Waals surface area contributed by atoms with E-state index in [0.29, 0.717) is 18.3 Å². The first-order valence-corrected chi connectivity index (χ1v) is 13.7. The average molecular weight is 529 g/mol. The fourth-order valence-electron chi connectivity index (χ4n) is 4.46. The molecule has 1 aliphatic carbocycles. The van der Waals surface area contributed by atoms with E-state index in [1.54, 1.807) is 6.92 Å². The molecule has 1 saturated heterocycles. The third kappa shape index (κ3) is 10.8. The molecule has 1 aliphatic heterocycles. The van der Waals surface area contributed by atoms with E-state index in [9.17, 15) is 22.0 Å². The first kappa shape index (κ1) is 31.9. The number of carbonyl (C=O) groups excluding carboxylic acids is 1. The van der Waals surface area contributed by atoms with Crippen molar-refractivity contribution in [1.82, 2.24) is 18.8 Å². The van der Waals surface area contributed by atoms with Gasteiger partial charge in [0.25, 0.3) is 16.6 Å². The molecule has 2 rings (SSSR count). The summed E-state index contributed by atoms with van der Waals surface area (Å²) in [6.07, 6.45) is 0.693. The minimum absolute atomic E-state index is 0.0379. The highest BCUT2D eigenvalue weighted by atomic mass is 32.2. The summed E-state index contributed by atoms with van der Waals surface area (Å²) in [6, 6.07) is -1.63. The quantitative estimate of drug-likeness (QED) is 0.495. The van der Waals surface area contributed by atoms with Crippen LogP contribution >= 0.6 is 0 Å². The predicted molar refractivity (Wildman–Crippen MR) is 133 cm³/mol. The molecule has 0 spiro atoms. The number of hydrogen-bond acceptors (Lipinski definition) is 6. The van der Waals surface area contributed by atoms with Crippen LogP contribution in [0.3, 0.4) is 0 Å². The minimum atomic E-state index is -3.74. The smallest absolute Gasteiger partial charge is 0.410 e. The van der Waals surface area contributed by atoms with Gasteiger partial charge in [-0.2, -0.15) is 17.4 Å². The number of likely N-dealkylation sites (tertiary alicyclic amines) is 1. The van der Waals surface area contributed by atoms with Crippen LogP contribution in [-0.4, -0.2) is 108 Å². The molecule has 0 unspecified atom stereocenters. The molecule has 1 saturated carbocycles. The van der Waals surface area contributed by atoms with E-state index in [-0.39, 0.29) is 18.8 Å². The summed E-state index contributed by atoms with van der Waals surface area (Å²) in [7, 11) is 5.08. The molecule has 2 fully saturated rings. The zero-order valence-corrected chi connectivity index (χ0v) is 23.4. The highest BCUT2D eigenvalue weighted by molar-refractivity contribution is 7.87. The lowest BCUT2D eigenvalue weighted by molar-refractivity contribution is -0.0226.